The number of carboxylic acids is 1. The summed E-state index contributed by atoms with van der Waals surface area (Å²) >= 11 is 0. The minimum Gasteiger partial charge on any atom is -0.480 e. The Morgan fingerprint density at radius 1 is 1.67 bits per heavy atom. The Morgan fingerprint density at radius 2 is 2.33 bits per heavy atom. The number of rotatable bonds is 3. The van der Waals surface area contributed by atoms with E-state index in [9.17, 15) is 4.79 Å². The number of hydrogen-bond acceptors (Lipinski definition) is 3. The van der Waals surface area contributed by atoms with Crippen LogP contribution in [0.3, 0.4) is 0 Å². The molecule has 0 amide bonds. The molecule has 0 aliphatic rings. The second kappa shape index (κ2) is 3.34. The molecule has 0 bridgehead atoms. The van der Waals surface area contributed by atoms with Gasteiger partial charge in [0.05, 0.1) is 0 Å². The molecule has 5 nitrogen and oxygen atoms in total. The summed E-state index contributed by atoms with van der Waals surface area (Å²) in [5.74, 6) is 0.442. The third-order valence-electron chi connectivity index (χ3n) is 1.46. The van der Waals surface area contributed by atoms with E-state index in [1.54, 1.807) is 6.92 Å². The molecule has 0 aliphatic heterocycles. The smallest absolute Gasteiger partial charge is 0.325 e. The van der Waals surface area contributed by atoms with Gasteiger partial charge in [-0.2, -0.15) is 5.10 Å². The van der Waals surface area contributed by atoms with Crippen LogP contribution >= 0.6 is 0 Å². The predicted octanol–water partition coefficient (Wildman–Crippen LogP) is 0.234. The van der Waals surface area contributed by atoms with Gasteiger partial charge >= 0.3 is 5.97 Å². The van der Waals surface area contributed by atoms with Crippen LogP contribution in [0, 0.1) is 6.92 Å². The van der Waals surface area contributed by atoms with Gasteiger partial charge in [-0.1, -0.05) is 6.92 Å². The molecule has 0 spiro atoms. The molecule has 12 heavy (non-hydrogen) atoms. The van der Waals surface area contributed by atoms with Gasteiger partial charge < -0.3 is 5.11 Å². The average molecular weight is 169 g/mol. The molecule has 0 radical (unpaired) electrons. The number of aromatic nitrogens is 3. The van der Waals surface area contributed by atoms with Crippen LogP contribution in [0.5, 0.6) is 0 Å². The molecule has 1 N–H and O–H groups in total. The summed E-state index contributed by atoms with van der Waals surface area (Å²) in [5, 5.41) is 12.5. The molecule has 1 aromatic rings. The molecular weight excluding hydrogens is 158 g/mol. The first-order chi connectivity index (χ1) is 5.63. The van der Waals surface area contributed by atoms with Crippen molar-refractivity contribution in [2.75, 3.05) is 0 Å². The molecule has 0 aromatic carbocycles. The molecule has 0 fully saturated rings. The van der Waals surface area contributed by atoms with Crippen LogP contribution in [0.25, 0.3) is 0 Å². The number of nitrogens with zero attached hydrogens (tertiary/aromatic N) is 3. The maximum absolute atomic E-state index is 10.4. The fourth-order valence-electron chi connectivity index (χ4n) is 1.02. The Labute approximate surface area is 70.0 Å². The van der Waals surface area contributed by atoms with E-state index in [-0.39, 0.29) is 6.54 Å². The zero-order valence-electron chi connectivity index (χ0n) is 7.11. The lowest BCUT2D eigenvalue weighted by Gasteiger charge is -1.98. The molecule has 1 rings (SSSR count). The third-order valence-corrected chi connectivity index (χ3v) is 1.46. The first kappa shape index (κ1) is 8.70. The molecule has 0 saturated heterocycles. The van der Waals surface area contributed by atoms with Gasteiger partial charge in [0.2, 0.25) is 0 Å². The molecule has 5 heteroatoms. The highest BCUT2D eigenvalue weighted by Crippen LogP contribution is 1.98. The Balaban J connectivity index is 2.89. The summed E-state index contributed by atoms with van der Waals surface area (Å²) in [6.07, 6.45) is 0.702. The van der Waals surface area contributed by atoms with E-state index in [0.717, 1.165) is 5.82 Å². The SMILES string of the molecule is CCc1nc(C)nn1CC(=O)O. The van der Waals surface area contributed by atoms with Gasteiger partial charge in [0.25, 0.3) is 0 Å². The third kappa shape index (κ3) is 1.81. The first-order valence-corrected chi connectivity index (χ1v) is 3.75. The maximum Gasteiger partial charge on any atom is 0.325 e. The summed E-state index contributed by atoms with van der Waals surface area (Å²) < 4.78 is 1.41. The van der Waals surface area contributed by atoms with Crippen LogP contribution < -0.4 is 0 Å². The van der Waals surface area contributed by atoms with E-state index in [4.69, 9.17) is 5.11 Å². The fourth-order valence-corrected chi connectivity index (χ4v) is 1.02. The van der Waals surface area contributed by atoms with Crippen molar-refractivity contribution >= 4 is 5.97 Å². The summed E-state index contributed by atoms with van der Waals surface area (Å²) in [4.78, 5) is 14.4. The topological polar surface area (TPSA) is 68.0 Å². The number of aliphatic carboxylic acids is 1. The normalized spacial score (nSPS) is 10.2. The van der Waals surface area contributed by atoms with E-state index >= 15 is 0 Å². The van der Waals surface area contributed by atoms with Crippen LogP contribution in [-0.2, 0) is 17.8 Å². The van der Waals surface area contributed by atoms with E-state index < -0.39 is 5.97 Å². The highest BCUT2D eigenvalue weighted by atomic mass is 16.4. The summed E-state index contributed by atoms with van der Waals surface area (Å²) in [6, 6.07) is 0. The van der Waals surface area contributed by atoms with Crippen LogP contribution in [0.15, 0.2) is 0 Å². The minimum absolute atomic E-state index is 0.107. The number of carbonyl (C=O) groups is 1. The Hall–Kier alpha value is -1.39. The fraction of sp³-hybridized carbons (Fsp3) is 0.571. The molecule has 66 valence electrons. The van der Waals surface area contributed by atoms with Crippen molar-refractivity contribution in [2.45, 2.75) is 26.8 Å². The Bertz CT molecular complexity index is 293. The first-order valence-electron chi connectivity index (χ1n) is 3.75. The van der Waals surface area contributed by atoms with E-state index in [1.165, 1.54) is 4.68 Å². The number of aryl methyl sites for hydroxylation is 2. The second-order valence-corrected chi connectivity index (χ2v) is 2.48. The largest absolute Gasteiger partial charge is 0.480 e. The van der Waals surface area contributed by atoms with Gasteiger partial charge in [-0.25, -0.2) is 9.67 Å². The molecule has 0 unspecified atom stereocenters. The zero-order chi connectivity index (χ0) is 9.14. The van der Waals surface area contributed by atoms with Crippen LogP contribution in [0.4, 0.5) is 0 Å². The van der Waals surface area contributed by atoms with Crippen molar-refractivity contribution in [1.29, 1.82) is 0 Å². The quantitative estimate of drug-likeness (QED) is 0.703. The molecular formula is C7H11N3O2. The van der Waals surface area contributed by atoms with Crippen LogP contribution in [-0.4, -0.2) is 25.8 Å². The average Bonchev–Trinajstić information content (AvgIpc) is 2.29. The Morgan fingerprint density at radius 3 is 2.83 bits per heavy atom. The van der Waals surface area contributed by atoms with Gasteiger partial charge in [0.15, 0.2) is 0 Å². The second-order valence-electron chi connectivity index (χ2n) is 2.48. The van der Waals surface area contributed by atoms with Crippen molar-refractivity contribution < 1.29 is 9.90 Å². The van der Waals surface area contributed by atoms with E-state index in [2.05, 4.69) is 10.1 Å². The molecule has 0 aliphatic carbocycles. The Kier molecular flexibility index (Phi) is 2.42. The van der Waals surface area contributed by atoms with Crippen molar-refractivity contribution in [3.8, 4) is 0 Å². The minimum atomic E-state index is -0.894. The summed E-state index contributed by atoms with van der Waals surface area (Å²) in [5.41, 5.74) is 0. The van der Waals surface area contributed by atoms with Gasteiger partial charge in [-0.05, 0) is 6.92 Å². The zero-order valence-corrected chi connectivity index (χ0v) is 7.11. The van der Waals surface area contributed by atoms with E-state index in [0.29, 0.717) is 12.2 Å². The lowest BCUT2D eigenvalue weighted by molar-refractivity contribution is -0.137. The van der Waals surface area contributed by atoms with Crippen LogP contribution in [0.2, 0.25) is 0 Å². The maximum atomic E-state index is 10.4. The highest BCUT2D eigenvalue weighted by molar-refractivity contribution is 5.66. The molecule has 1 heterocycles. The number of carboxylic acid groups (broad SMARTS) is 1. The predicted molar refractivity (Wildman–Crippen MR) is 41.8 cm³/mol. The van der Waals surface area contributed by atoms with Crippen LogP contribution in [0.1, 0.15) is 18.6 Å². The molecule has 0 atom stereocenters. The van der Waals surface area contributed by atoms with Gasteiger partial charge in [0, 0.05) is 6.42 Å². The lowest BCUT2D eigenvalue weighted by Crippen LogP contribution is -2.12. The van der Waals surface area contributed by atoms with E-state index in [1.807, 2.05) is 6.92 Å². The van der Waals surface area contributed by atoms with Crippen molar-refractivity contribution in [1.82, 2.24) is 14.8 Å². The van der Waals surface area contributed by atoms with Crippen molar-refractivity contribution in [3.05, 3.63) is 11.6 Å². The van der Waals surface area contributed by atoms with Crippen molar-refractivity contribution in [3.63, 3.8) is 0 Å². The van der Waals surface area contributed by atoms with Gasteiger partial charge in [-0.3, -0.25) is 4.79 Å². The molecule has 1 aromatic heterocycles. The number of hydrogen-bond donors (Lipinski definition) is 1. The summed E-state index contributed by atoms with van der Waals surface area (Å²) in [7, 11) is 0. The van der Waals surface area contributed by atoms with Gasteiger partial charge in [-0.15, -0.1) is 0 Å². The molecule has 0 saturated carbocycles. The van der Waals surface area contributed by atoms with Gasteiger partial charge in [0.1, 0.15) is 18.2 Å². The highest BCUT2D eigenvalue weighted by Gasteiger charge is 2.07. The monoisotopic (exact) mass is 169 g/mol. The van der Waals surface area contributed by atoms with Crippen molar-refractivity contribution in [2.24, 2.45) is 0 Å². The standard InChI is InChI=1S/C7H11N3O2/c1-3-6-8-5(2)9-10(6)4-7(11)12/h3-4H2,1-2H3,(H,11,12). The summed E-state index contributed by atoms with van der Waals surface area (Å²) in [6.45, 7) is 3.56. The lowest BCUT2D eigenvalue weighted by atomic mass is 10.4.